The third-order valence-electron chi connectivity index (χ3n) is 26.2. The van der Waals surface area contributed by atoms with Crippen molar-refractivity contribution in [2.45, 2.75) is 208 Å². The predicted octanol–water partition coefficient (Wildman–Crippen LogP) is 16.2. The number of benzene rings is 6. The number of anilines is 1. The fourth-order valence-electron chi connectivity index (χ4n) is 19.0. The van der Waals surface area contributed by atoms with Gasteiger partial charge < -0.3 is 58.9 Å². The second kappa shape index (κ2) is 38.9. The van der Waals surface area contributed by atoms with E-state index in [2.05, 4.69) is 117 Å². The summed E-state index contributed by atoms with van der Waals surface area (Å²) in [6.45, 7) is 26.6. The summed E-state index contributed by atoms with van der Waals surface area (Å²) in [5, 5.41) is 12.7. The Morgan fingerprint density at radius 3 is 1.07 bits per heavy atom. The van der Waals surface area contributed by atoms with Gasteiger partial charge in [0.25, 0.3) is 0 Å². The topological polar surface area (TPSA) is 294 Å². The fourth-order valence-corrected chi connectivity index (χ4v) is 23.5. The lowest BCUT2D eigenvalue weighted by molar-refractivity contribution is -0.136. The molecule has 12 heterocycles. The number of nitrogens with one attached hydrogen (secondary N) is 3. The molecule has 684 valence electrons. The normalized spacial score (nSPS) is 20.9. The molecule has 6 aromatic carbocycles. The number of aliphatic hydroxyl groups excluding tert-OH is 1. The van der Waals surface area contributed by atoms with E-state index < -0.39 is 15.7 Å². The lowest BCUT2D eigenvalue weighted by Gasteiger charge is -2.35. The van der Waals surface area contributed by atoms with Crippen LogP contribution in [-0.2, 0) is 28.8 Å². The first-order valence-electron chi connectivity index (χ1n) is 45.4. The molecular weight excluding hydrogens is 1670 g/mol. The van der Waals surface area contributed by atoms with Crippen LogP contribution in [0.4, 0.5) is 5.69 Å². The average molecular weight is 1800 g/mol. The Morgan fingerprint density at radius 1 is 0.398 bits per heavy atom. The molecule has 6 atom stereocenters. The highest BCUT2D eigenvalue weighted by atomic mass is 32.2. The van der Waals surface area contributed by atoms with Crippen molar-refractivity contribution >= 4 is 110 Å². The zero-order valence-corrected chi connectivity index (χ0v) is 77.3. The highest BCUT2D eigenvalue weighted by molar-refractivity contribution is 8.01. The predicted molar refractivity (Wildman–Crippen MR) is 515 cm³/mol. The van der Waals surface area contributed by atoms with Gasteiger partial charge in [-0.3, -0.25) is 42.5 Å². The van der Waals surface area contributed by atoms with Crippen molar-refractivity contribution in [1.29, 1.82) is 0 Å². The van der Waals surface area contributed by atoms with Gasteiger partial charge in [-0.2, -0.15) is 5.10 Å². The molecule has 7 saturated heterocycles. The summed E-state index contributed by atoms with van der Waals surface area (Å²) in [6, 6.07) is 49.7. The molecule has 27 nitrogen and oxygen atoms in total. The van der Waals surface area contributed by atoms with Crippen LogP contribution in [0.5, 0.6) is 0 Å². The second-order valence-electron chi connectivity index (χ2n) is 38.7. The number of likely N-dealkylation sites (tertiary alicyclic amines) is 3. The van der Waals surface area contributed by atoms with Crippen molar-refractivity contribution in [2.75, 3.05) is 76.9 Å². The maximum atomic E-state index is 14.0. The summed E-state index contributed by atoms with van der Waals surface area (Å²) >= 11 is 4.76. The van der Waals surface area contributed by atoms with E-state index in [9.17, 15) is 48.3 Å². The van der Waals surface area contributed by atoms with Crippen LogP contribution in [0.15, 0.2) is 197 Å². The minimum absolute atomic E-state index is 0. The van der Waals surface area contributed by atoms with Crippen LogP contribution in [0.3, 0.4) is 0 Å². The Bertz CT molecular complexity index is 5720. The Hall–Kier alpha value is -10.8. The molecule has 0 bridgehead atoms. The molecule has 7 aliphatic rings. The molecule has 0 saturated carbocycles. The molecule has 18 rings (SSSR count). The minimum atomic E-state index is -0.442. The van der Waals surface area contributed by atoms with E-state index >= 15 is 0 Å². The number of aromatic amines is 3. The monoisotopic (exact) mass is 1800 g/mol. The molecule has 11 aromatic rings. The molecule has 6 amide bonds. The summed E-state index contributed by atoms with van der Waals surface area (Å²) in [6.07, 6.45) is 17.7. The minimum Gasteiger partial charge on any atom is -0.393 e. The van der Waals surface area contributed by atoms with Crippen molar-refractivity contribution in [1.82, 2.24) is 77.4 Å². The molecule has 5 unspecified atom stereocenters. The van der Waals surface area contributed by atoms with Gasteiger partial charge in [0, 0.05) is 162 Å². The molecule has 5 aromatic heterocycles. The number of nitrogens with zero attached hydrogens (tertiary/aromatic N) is 14. The van der Waals surface area contributed by atoms with Gasteiger partial charge in [-0.25, -0.2) is 24.0 Å². The van der Waals surface area contributed by atoms with E-state index in [-0.39, 0.29) is 134 Å². The summed E-state index contributed by atoms with van der Waals surface area (Å²) in [7, 11) is 0. The average Bonchev–Trinajstić information content (AvgIpc) is 1.62. The number of aromatic nitrogens is 10. The highest BCUT2D eigenvalue weighted by Gasteiger charge is 2.48. The summed E-state index contributed by atoms with van der Waals surface area (Å²) in [5.74, 6) is 0.116. The highest BCUT2D eigenvalue weighted by Crippen LogP contribution is 2.51. The Morgan fingerprint density at radius 2 is 0.727 bits per heavy atom. The second-order valence-corrected chi connectivity index (χ2v) is 42.5. The third-order valence-corrected chi connectivity index (χ3v) is 30.5. The molecule has 30 heteroatoms. The maximum Gasteiger partial charge on any atom is 0.326 e. The summed E-state index contributed by atoms with van der Waals surface area (Å²) in [4.78, 5) is 147. The van der Waals surface area contributed by atoms with Crippen molar-refractivity contribution in [2.24, 2.45) is 16.2 Å². The lowest BCUT2D eigenvalue weighted by atomic mass is 9.92. The molecule has 0 aliphatic carbocycles. The molecule has 128 heavy (non-hydrogen) atoms. The molecule has 4 N–H and O–H groups in total. The third kappa shape index (κ3) is 20.4. The zero-order valence-electron chi connectivity index (χ0n) is 74.9. The number of rotatable bonds is 21. The first kappa shape index (κ1) is 90.5. The van der Waals surface area contributed by atoms with Crippen molar-refractivity contribution < 1.29 is 39.6 Å². The summed E-state index contributed by atoms with van der Waals surface area (Å²) < 4.78 is 9.32. The molecule has 7 fully saturated rings. The van der Waals surface area contributed by atoms with Crippen molar-refractivity contribution in [3.8, 4) is 11.4 Å². The van der Waals surface area contributed by atoms with Crippen LogP contribution in [0.25, 0.3) is 44.5 Å². The van der Waals surface area contributed by atoms with Gasteiger partial charge in [-0.05, 0) is 148 Å². The van der Waals surface area contributed by atoms with Gasteiger partial charge in [0.2, 0.25) is 35.4 Å². The Balaban J connectivity index is 0.000000176. The number of imidazole rings is 4. The largest absolute Gasteiger partial charge is 0.393 e. The number of amides is 6. The Kier molecular flexibility index (Phi) is 27.5. The van der Waals surface area contributed by atoms with Crippen molar-refractivity contribution in [3.05, 3.63) is 231 Å². The number of hydrogen-bond donors (Lipinski definition) is 4. The Labute approximate surface area is 765 Å². The van der Waals surface area contributed by atoms with E-state index in [0.29, 0.717) is 97.4 Å². The van der Waals surface area contributed by atoms with Gasteiger partial charge in [0.1, 0.15) is 16.1 Å². The van der Waals surface area contributed by atoms with Crippen LogP contribution in [0.2, 0.25) is 0 Å². The van der Waals surface area contributed by atoms with E-state index in [0.717, 1.165) is 112 Å². The molecule has 0 radical (unpaired) electrons. The van der Waals surface area contributed by atoms with E-state index in [1.807, 2.05) is 192 Å². The van der Waals surface area contributed by atoms with Gasteiger partial charge in [0.15, 0.2) is 0 Å². The number of fused-ring (bicyclic) bond motifs is 3. The SMILES string of the molecule is CC(C)(C)CCN1C(=O)C(CC(=O)N2CCC(n3c(=O)[nH]c4ccccc43)CC2)SC1c1ccccc1-n1cccn1.CC(C)(C)CCN1C(=O)C(CC(=O)N2CCC(n3c(=O)[nH]c4ccccc43)CC2)SC1c1ccccc1-n1ccnc1.CC(C)(C)CCN1C(=O)C(CC(=O)N2CCC(n3c(=O)[nH]c4ccccc43)CC2)S[C@H]1c1ccccc1N1CCC(O)CC1.[HH].[HH].[HH].[HH]. The fraction of sp³-hybridized carbons (Fsp3) is 0.480. The van der Waals surface area contributed by atoms with E-state index in [1.165, 1.54) is 0 Å². The number of aliphatic hydroxyl groups is 1. The van der Waals surface area contributed by atoms with Gasteiger partial charge in [0.05, 0.1) is 72.7 Å². The van der Waals surface area contributed by atoms with Crippen LogP contribution in [0.1, 0.15) is 209 Å². The number of H-pyrrole nitrogens is 3. The number of carbonyl (C=O) groups is 6. The van der Waals surface area contributed by atoms with Crippen molar-refractivity contribution in [3.63, 3.8) is 0 Å². The maximum absolute atomic E-state index is 14.0. The molecule has 7 aliphatic heterocycles. The van der Waals surface area contributed by atoms with E-state index in [4.69, 9.17) is 0 Å². The smallest absolute Gasteiger partial charge is 0.326 e. The van der Waals surface area contributed by atoms with Crippen LogP contribution < -0.4 is 22.0 Å². The van der Waals surface area contributed by atoms with Crippen LogP contribution in [-0.4, -0.2) is 212 Å². The quantitative estimate of drug-likeness (QED) is 0.0520. The number of hydrogen-bond acceptors (Lipinski definition) is 16. The molecule has 0 spiro atoms. The van der Waals surface area contributed by atoms with Gasteiger partial charge >= 0.3 is 17.1 Å². The van der Waals surface area contributed by atoms with Crippen LogP contribution >= 0.6 is 35.3 Å². The lowest BCUT2D eigenvalue weighted by Crippen LogP contribution is -2.42. The van der Waals surface area contributed by atoms with Gasteiger partial charge in [-0.1, -0.05) is 153 Å². The first-order chi connectivity index (χ1) is 61.5. The first-order valence-corrected chi connectivity index (χ1v) is 48.3. The standard InChI is InChI=1S/C34H45N5O4S.2C32H38N6O3S.4H2/c1-34(2,3)16-21-38-31(42)29(44-32(38)25-8-4-6-10-27(25)36-19-14-24(40)15-20-36)22-30(41)37-17-12-23(13-18-37)39-28-11-7-5-9-26(28)35-33(39)43;1-32(2,3)15-20-36-29(40)27(42-30(36)23-9-4-6-11-25(23)37-17-8-16-33-37)21-28(39)35-18-13-22(14-19-35)38-26-12-7-5-10-24(26)34-31(38)41;1-32(2,3)14-18-37-29(40)27(42-30(37)23-8-4-6-10-25(23)36-19-15-33-21-36)20-28(39)35-16-12-22(13-17-35)38-26-11-7-5-9-24(26)34-31(38)41;;;;/h4-11,23-24,29,32,40H,12-22H2,1-3H3,(H,35,43);4-12,16-17,22,27,30H,13-15,18-21H2,1-3H3,(H,34,41);4-11,15,19,21-22,27,30H,12-14,16-18,20H2,1-3H3,(H,34,41);4*1H/t29?,32-;;;;;;/m0....../s1. The number of carbonyl (C=O) groups excluding carboxylic acids is 6. The van der Waals surface area contributed by atoms with Gasteiger partial charge in [-0.15, -0.1) is 35.3 Å². The molecular formula is C98H129N17O10S3. The van der Waals surface area contributed by atoms with Crippen LogP contribution in [0, 0.1) is 16.2 Å². The number of thioether (sulfide) groups is 3. The zero-order chi connectivity index (χ0) is 89.9. The number of piperidine rings is 4. The van der Waals surface area contributed by atoms with E-state index in [1.54, 1.807) is 54.0 Å². The summed E-state index contributed by atoms with van der Waals surface area (Å²) in [5.41, 5.74) is 11.3. The number of para-hydroxylation sites is 9.